The number of aliphatic hydroxyl groups is 1. The SMILES string of the molecule is CC(C)OCC(O)CNCC1CCSCC1. The van der Waals surface area contributed by atoms with Crippen molar-refractivity contribution in [2.24, 2.45) is 5.92 Å². The Hall–Kier alpha value is 0.230. The molecule has 0 spiro atoms. The molecule has 0 aromatic heterocycles. The summed E-state index contributed by atoms with van der Waals surface area (Å²) in [5.41, 5.74) is 0. The molecule has 1 saturated heterocycles. The lowest BCUT2D eigenvalue weighted by atomic mass is 10.0. The highest BCUT2D eigenvalue weighted by atomic mass is 32.2. The zero-order valence-electron chi connectivity index (χ0n) is 10.4. The Morgan fingerprint density at radius 3 is 2.69 bits per heavy atom. The summed E-state index contributed by atoms with van der Waals surface area (Å²) in [6, 6.07) is 0. The maximum Gasteiger partial charge on any atom is 0.0897 e. The van der Waals surface area contributed by atoms with Gasteiger partial charge in [0.05, 0.1) is 18.8 Å². The van der Waals surface area contributed by atoms with Gasteiger partial charge in [-0.25, -0.2) is 0 Å². The Morgan fingerprint density at radius 1 is 1.38 bits per heavy atom. The van der Waals surface area contributed by atoms with E-state index in [1.165, 1.54) is 24.3 Å². The van der Waals surface area contributed by atoms with Crippen molar-refractivity contribution in [2.75, 3.05) is 31.2 Å². The van der Waals surface area contributed by atoms with Gasteiger partial charge >= 0.3 is 0 Å². The van der Waals surface area contributed by atoms with Crippen LogP contribution < -0.4 is 5.32 Å². The predicted octanol–water partition coefficient (Wildman–Crippen LogP) is 1.51. The highest BCUT2D eigenvalue weighted by molar-refractivity contribution is 7.99. The smallest absolute Gasteiger partial charge is 0.0897 e. The molecule has 1 aliphatic rings. The minimum atomic E-state index is -0.375. The number of hydrogen-bond donors (Lipinski definition) is 2. The lowest BCUT2D eigenvalue weighted by molar-refractivity contribution is 0.00613. The third-order valence-electron chi connectivity index (χ3n) is 2.78. The standard InChI is InChI=1S/C12H25NO2S/c1-10(2)15-9-12(14)8-13-7-11-3-5-16-6-4-11/h10-14H,3-9H2,1-2H3. The van der Waals surface area contributed by atoms with Crippen LogP contribution in [0.25, 0.3) is 0 Å². The van der Waals surface area contributed by atoms with Crippen LogP contribution in [0.1, 0.15) is 26.7 Å². The number of hydrogen-bond acceptors (Lipinski definition) is 4. The summed E-state index contributed by atoms with van der Waals surface area (Å²) < 4.78 is 5.35. The zero-order chi connectivity index (χ0) is 11.8. The summed E-state index contributed by atoms with van der Waals surface area (Å²) in [7, 11) is 0. The molecular weight excluding hydrogens is 222 g/mol. The Balaban J connectivity index is 1.96. The summed E-state index contributed by atoms with van der Waals surface area (Å²) in [6.07, 6.45) is 2.46. The fraction of sp³-hybridized carbons (Fsp3) is 1.00. The van der Waals surface area contributed by atoms with Crippen LogP contribution in [0.4, 0.5) is 0 Å². The van der Waals surface area contributed by atoms with Crippen molar-refractivity contribution in [1.82, 2.24) is 5.32 Å². The van der Waals surface area contributed by atoms with Gasteiger partial charge in [0.25, 0.3) is 0 Å². The highest BCUT2D eigenvalue weighted by Gasteiger charge is 2.13. The normalized spacial score (nSPS) is 20.2. The molecule has 16 heavy (non-hydrogen) atoms. The second kappa shape index (κ2) is 8.34. The van der Waals surface area contributed by atoms with Gasteiger partial charge in [0.15, 0.2) is 0 Å². The number of rotatable bonds is 7. The number of aliphatic hydroxyl groups excluding tert-OH is 1. The average Bonchev–Trinajstić information content (AvgIpc) is 2.28. The van der Waals surface area contributed by atoms with E-state index in [0.717, 1.165) is 12.5 Å². The molecule has 1 aliphatic heterocycles. The van der Waals surface area contributed by atoms with Crippen LogP contribution in [0.15, 0.2) is 0 Å². The maximum absolute atomic E-state index is 9.64. The summed E-state index contributed by atoms with van der Waals surface area (Å²) in [5, 5.41) is 13.0. The van der Waals surface area contributed by atoms with Gasteiger partial charge < -0.3 is 15.2 Å². The maximum atomic E-state index is 9.64. The summed E-state index contributed by atoms with van der Waals surface area (Å²) in [5.74, 6) is 3.40. The molecular formula is C12H25NO2S. The van der Waals surface area contributed by atoms with Gasteiger partial charge in [0.1, 0.15) is 0 Å². The summed E-state index contributed by atoms with van der Waals surface area (Å²) in [4.78, 5) is 0. The first-order chi connectivity index (χ1) is 7.68. The lowest BCUT2D eigenvalue weighted by Gasteiger charge is -2.22. The van der Waals surface area contributed by atoms with E-state index in [9.17, 15) is 5.11 Å². The number of ether oxygens (including phenoxy) is 1. The molecule has 0 aromatic rings. The van der Waals surface area contributed by atoms with Gasteiger partial charge in [0, 0.05) is 6.54 Å². The molecule has 0 aromatic carbocycles. The minimum absolute atomic E-state index is 0.199. The van der Waals surface area contributed by atoms with Crippen molar-refractivity contribution >= 4 is 11.8 Å². The van der Waals surface area contributed by atoms with Crippen molar-refractivity contribution in [2.45, 2.75) is 38.9 Å². The van der Waals surface area contributed by atoms with Crippen molar-refractivity contribution in [3.8, 4) is 0 Å². The fourth-order valence-electron chi connectivity index (χ4n) is 1.77. The monoisotopic (exact) mass is 247 g/mol. The molecule has 0 radical (unpaired) electrons. The third-order valence-corrected chi connectivity index (χ3v) is 3.82. The Kier molecular flexibility index (Phi) is 7.45. The van der Waals surface area contributed by atoms with Crippen molar-refractivity contribution in [3.05, 3.63) is 0 Å². The average molecular weight is 247 g/mol. The van der Waals surface area contributed by atoms with Crippen molar-refractivity contribution in [1.29, 1.82) is 0 Å². The molecule has 1 fully saturated rings. The van der Waals surface area contributed by atoms with Gasteiger partial charge in [-0.05, 0) is 50.7 Å². The molecule has 0 amide bonds. The van der Waals surface area contributed by atoms with Crippen LogP contribution in [-0.2, 0) is 4.74 Å². The molecule has 96 valence electrons. The van der Waals surface area contributed by atoms with Crippen LogP contribution in [0.3, 0.4) is 0 Å². The Morgan fingerprint density at radius 2 is 2.06 bits per heavy atom. The minimum Gasteiger partial charge on any atom is -0.389 e. The fourth-order valence-corrected chi connectivity index (χ4v) is 2.97. The van der Waals surface area contributed by atoms with Gasteiger partial charge in [-0.1, -0.05) is 0 Å². The first-order valence-electron chi connectivity index (χ1n) is 6.26. The van der Waals surface area contributed by atoms with Crippen molar-refractivity contribution in [3.63, 3.8) is 0 Å². The van der Waals surface area contributed by atoms with E-state index in [2.05, 4.69) is 17.1 Å². The molecule has 0 aliphatic carbocycles. The van der Waals surface area contributed by atoms with Crippen LogP contribution in [-0.4, -0.2) is 48.5 Å². The topological polar surface area (TPSA) is 41.5 Å². The quantitative estimate of drug-likeness (QED) is 0.715. The lowest BCUT2D eigenvalue weighted by Crippen LogP contribution is -2.34. The number of nitrogens with one attached hydrogen (secondary N) is 1. The highest BCUT2D eigenvalue weighted by Crippen LogP contribution is 2.21. The summed E-state index contributed by atoms with van der Waals surface area (Å²) >= 11 is 2.05. The second-order valence-corrected chi connectivity index (χ2v) is 5.97. The van der Waals surface area contributed by atoms with Gasteiger partial charge in [0.2, 0.25) is 0 Å². The predicted molar refractivity (Wildman–Crippen MR) is 70.0 cm³/mol. The molecule has 2 N–H and O–H groups in total. The Bertz CT molecular complexity index is 172. The summed E-state index contributed by atoms with van der Waals surface area (Å²) in [6.45, 7) is 6.10. The van der Waals surface area contributed by atoms with Gasteiger partial charge in [-0.15, -0.1) is 0 Å². The molecule has 1 unspecified atom stereocenters. The zero-order valence-corrected chi connectivity index (χ0v) is 11.3. The molecule has 1 heterocycles. The van der Waals surface area contributed by atoms with Gasteiger partial charge in [-0.3, -0.25) is 0 Å². The molecule has 1 rings (SSSR count). The first-order valence-corrected chi connectivity index (χ1v) is 7.42. The van der Waals surface area contributed by atoms with Crippen molar-refractivity contribution < 1.29 is 9.84 Å². The first kappa shape index (κ1) is 14.3. The second-order valence-electron chi connectivity index (χ2n) is 4.75. The Labute approximate surface area is 103 Å². The molecule has 3 nitrogen and oxygen atoms in total. The van der Waals surface area contributed by atoms with E-state index in [1.54, 1.807) is 0 Å². The van der Waals surface area contributed by atoms with Crippen LogP contribution in [0.2, 0.25) is 0 Å². The van der Waals surface area contributed by atoms with E-state index in [0.29, 0.717) is 13.2 Å². The molecule has 4 heteroatoms. The van der Waals surface area contributed by atoms with E-state index in [-0.39, 0.29) is 12.2 Å². The number of thioether (sulfide) groups is 1. The van der Waals surface area contributed by atoms with Crippen LogP contribution in [0, 0.1) is 5.92 Å². The van der Waals surface area contributed by atoms with E-state index >= 15 is 0 Å². The third kappa shape index (κ3) is 6.74. The van der Waals surface area contributed by atoms with Crippen LogP contribution in [0.5, 0.6) is 0 Å². The van der Waals surface area contributed by atoms with Gasteiger partial charge in [-0.2, -0.15) is 11.8 Å². The molecule has 0 saturated carbocycles. The molecule has 0 bridgehead atoms. The molecule has 1 atom stereocenters. The van der Waals surface area contributed by atoms with E-state index in [4.69, 9.17) is 4.74 Å². The van der Waals surface area contributed by atoms with Crippen LogP contribution >= 0.6 is 11.8 Å². The van der Waals surface area contributed by atoms with E-state index in [1.807, 2.05) is 13.8 Å². The van der Waals surface area contributed by atoms with E-state index < -0.39 is 0 Å². The largest absolute Gasteiger partial charge is 0.389 e.